The number of aromatic nitrogens is 2. The number of fused-ring (bicyclic) bond motifs is 3. The van der Waals surface area contributed by atoms with E-state index in [1.165, 1.54) is 16.6 Å². The van der Waals surface area contributed by atoms with Gasteiger partial charge in [0.2, 0.25) is 0 Å². The van der Waals surface area contributed by atoms with Crippen LogP contribution in [-0.2, 0) is 12.8 Å². The highest BCUT2D eigenvalue weighted by Crippen LogP contribution is 2.40. The van der Waals surface area contributed by atoms with Crippen LogP contribution in [0.3, 0.4) is 0 Å². The van der Waals surface area contributed by atoms with Gasteiger partial charge in [-0.15, -0.1) is 0 Å². The van der Waals surface area contributed by atoms with Crippen LogP contribution in [0.1, 0.15) is 31.0 Å². The fourth-order valence-corrected chi connectivity index (χ4v) is 3.31. The summed E-state index contributed by atoms with van der Waals surface area (Å²) in [6.07, 6.45) is 6.05. The molecule has 0 unspecified atom stereocenters. The third-order valence-corrected chi connectivity index (χ3v) is 3.97. The van der Waals surface area contributed by atoms with Crippen molar-refractivity contribution in [3.8, 4) is 5.06 Å². The van der Waals surface area contributed by atoms with Gasteiger partial charge >= 0.3 is 0 Å². The summed E-state index contributed by atoms with van der Waals surface area (Å²) in [5.74, 6) is 0. The van der Waals surface area contributed by atoms with Crippen molar-refractivity contribution in [2.24, 2.45) is 0 Å². The molecule has 0 bridgehead atoms. The normalized spacial score (nSPS) is 14.8. The fourth-order valence-electron chi connectivity index (χ4n) is 2.22. The Morgan fingerprint density at radius 1 is 1.44 bits per heavy atom. The third-order valence-electron chi connectivity index (χ3n) is 2.92. The first kappa shape index (κ1) is 10.0. The molecule has 0 saturated heterocycles. The summed E-state index contributed by atoms with van der Waals surface area (Å²) >= 11 is 1.67. The Morgan fingerprint density at radius 3 is 3.25 bits per heavy atom. The first-order valence-electron chi connectivity index (χ1n) is 5.78. The van der Waals surface area contributed by atoms with Crippen LogP contribution >= 0.6 is 11.3 Å². The Morgan fingerprint density at radius 2 is 2.38 bits per heavy atom. The van der Waals surface area contributed by atoms with Gasteiger partial charge in [0.25, 0.3) is 0 Å². The van der Waals surface area contributed by atoms with Crippen LogP contribution in [-0.4, -0.2) is 16.6 Å². The molecule has 0 atom stereocenters. The highest BCUT2D eigenvalue weighted by Gasteiger charge is 2.20. The van der Waals surface area contributed by atoms with E-state index in [-0.39, 0.29) is 0 Å². The monoisotopic (exact) mass is 234 g/mol. The predicted molar refractivity (Wildman–Crippen MR) is 65.2 cm³/mol. The van der Waals surface area contributed by atoms with E-state index in [1.54, 1.807) is 17.7 Å². The average molecular weight is 234 g/mol. The molecule has 1 aliphatic heterocycles. The molecule has 0 N–H and O–H groups in total. The molecule has 3 heterocycles. The number of rotatable bonds is 2. The Labute approximate surface area is 98.5 Å². The second-order valence-electron chi connectivity index (χ2n) is 4.07. The first-order chi connectivity index (χ1) is 7.90. The van der Waals surface area contributed by atoms with Gasteiger partial charge in [-0.25, -0.2) is 9.97 Å². The van der Waals surface area contributed by atoms with E-state index >= 15 is 0 Å². The minimum absolute atomic E-state index is 0.844. The molecule has 3 rings (SSSR count). The van der Waals surface area contributed by atoms with E-state index in [0.29, 0.717) is 0 Å². The van der Waals surface area contributed by atoms with E-state index in [0.717, 1.165) is 42.2 Å². The zero-order valence-corrected chi connectivity index (χ0v) is 10.1. The molecule has 0 amide bonds. The summed E-state index contributed by atoms with van der Waals surface area (Å²) in [4.78, 5) is 9.86. The van der Waals surface area contributed by atoms with Gasteiger partial charge in [-0.3, -0.25) is 0 Å². The number of hydrogen-bond acceptors (Lipinski definition) is 4. The highest BCUT2D eigenvalue weighted by atomic mass is 32.1. The molecule has 1 aliphatic rings. The lowest BCUT2D eigenvalue weighted by Crippen LogP contribution is -2.06. The summed E-state index contributed by atoms with van der Waals surface area (Å²) in [5, 5.41) is 2.34. The van der Waals surface area contributed by atoms with Crippen molar-refractivity contribution in [3.05, 3.63) is 17.6 Å². The smallest absolute Gasteiger partial charge is 0.179 e. The van der Waals surface area contributed by atoms with Crippen molar-refractivity contribution in [3.63, 3.8) is 0 Å². The zero-order chi connectivity index (χ0) is 11.0. The summed E-state index contributed by atoms with van der Waals surface area (Å²) in [6.45, 7) is 3.03. The quantitative estimate of drug-likeness (QED) is 0.801. The molecule has 84 valence electrons. The van der Waals surface area contributed by atoms with E-state index < -0.39 is 0 Å². The molecule has 0 fully saturated rings. The second kappa shape index (κ2) is 4.01. The van der Waals surface area contributed by atoms with Gasteiger partial charge in [0.1, 0.15) is 11.2 Å². The van der Waals surface area contributed by atoms with Crippen molar-refractivity contribution < 1.29 is 4.74 Å². The Balaban J connectivity index is 2.23. The largest absolute Gasteiger partial charge is 0.484 e. The molecule has 0 saturated carbocycles. The summed E-state index contributed by atoms with van der Waals surface area (Å²) in [6, 6.07) is 0. The lowest BCUT2D eigenvalue weighted by Gasteiger charge is -2.12. The van der Waals surface area contributed by atoms with Gasteiger partial charge in [-0.1, -0.05) is 24.7 Å². The van der Waals surface area contributed by atoms with Crippen molar-refractivity contribution in [1.82, 2.24) is 9.97 Å². The summed E-state index contributed by atoms with van der Waals surface area (Å²) in [5.41, 5.74) is 2.53. The number of thiophene rings is 1. The average Bonchev–Trinajstić information content (AvgIpc) is 2.68. The summed E-state index contributed by atoms with van der Waals surface area (Å²) < 4.78 is 5.69. The first-order valence-corrected chi connectivity index (χ1v) is 6.60. The highest BCUT2D eigenvalue weighted by molar-refractivity contribution is 7.20. The van der Waals surface area contributed by atoms with E-state index in [9.17, 15) is 0 Å². The van der Waals surface area contributed by atoms with Gasteiger partial charge < -0.3 is 4.74 Å². The maximum atomic E-state index is 5.69. The standard InChI is InChI=1S/C12H14N2OS/c1-2-4-9-10-8-5-3-6-15-12(8)16-11(10)14-7-13-9/h7H,2-6H2,1H3. The topological polar surface area (TPSA) is 35.0 Å². The Kier molecular flexibility index (Phi) is 2.52. The van der Waals surface area contributed by atoms with Crippen molar-refractivity contribution >= 4 is 21.6 Å². The third kappa shape index (κ3) is 1.48. The molecule has 0 aliphatic carbocycles. The van der Waals surface area contributed by atoms with Crippen LogP contribution in [0.25, 0.3) is 10.2 Å². The van der Waals surface area contributed by atoms with Crippen LogP contribution in [0, 0.1) is 0 Å². The minimum Gasteiger partial charge on any atom is -0.484 e. The van der Waals surface area contributed by atoms with Crippen molar-refractivity contribution in [2.75, 3.05) is 6.61 Å². The number of nitrogens with zero attached hydrogens (tertiary/aromatic N) is 2. The lowest BCUT2D eigenvalue weighted by atomic mass is 10.0. The van der Waals surface area contributed by atoms with Crippen molar-refractivity contribution in [2.45, 2.75) is 32.6 Å². The molecular weight excluding hydrogens is 220 g/mol. The molecule has 2 aromatic rings. The lowest BCUT2D eigenvalue weighted by molar-refractivity contribution is 0.299. The van der Waals surface area contributed by atoms with Crippen LogP contribution < -0.4 is 4.74 Å². The maximum Gasteiger partial charge on any atom is 0.179 e. The van der Waals surface area contributed by atoms with Crippen LogP contribution in [0.5, 0.6) is 5.06 Å². The zero-order valence-electron chi connectivity index (χ0n) is 9.32. The SMILES string of the molecule is CCCc1ncnc2sc3c(c12)CCCO3. The van der Waals surface area contributed by atoms with E-state index in [4.69, 9.17) is 4.74 Å². The second-order valence-corrected chi connectivity index (χ2v) is 5.03. The predicted octanol–water partition coefficient (Wildman–Crippen LogP) is 2.97. The molecule has 0 aromatic carbocycles. The molecule has 3 nitrogen and oxygen atoms in total. The maximum absolute atomic E-state index is 5.69. The molecule has 0 spiro atoms. The number of ether oxygens (including phenoxy) is 1. The minimum atomic E-state index is 0.844. The van der Waals surface area contributed by atoms with Gasteiger partial charge in [-0.05, 0) is 19.3 Å². The van der Waals surface area contributed by atoms with E-state index in [2.05, 4.69) is 16.9 Å². The number of hydrogen-bond donors (Lipinski definition) is 0. The van der Waals surface area contributed by atoms with Gasteiger partial charge in [-0.2, -0.15) is 0 Å². The molecule has 2 aromatic heterocycles. The van der Waals surface area contributed by atoms with Gasteiger partial charge in [0.05, 0.1) is 12.3 Å². The molecule has 16 heavy (non-hydrogen) atoms. The van der Waals surface area contributed by atoms with Crippen LogP contribution in [0.2, 0.25) is 0 Å². The molecule has 4 heteroatoms. The Bertz CT molecular complexity index is 521. The van der Waals surface area contributed by atoms with Crippen LogP contribution in [0.15, 0.2) is 6.33 Å². The van der Waals surface area contributed by atoms with Gasteiger partial charge in [0, 0.05) is 10.9 Å². The van der Waals surface area contributed by atoms with Crippen LogP contribution in [0.4, 0.5) is 0 Å². The summed E-state index contributed by atoms with van der Waals surface area (Å²) in [7, 11) is 0. The fraction of sp³-hybridized carbons (Fsp3) is 0.500. The Hall–Kier alpha value is -1.16. The van der Waals surface area contributed by atoms with E-state index in [1.807, 2.05) is 0 Å². The van der Waals surface area contributed by atoms with Crippen molar-refractivity contribution in [1.29, 1.82) is 0 Å². The molecule has 0 radical (unpaired) electrons. The number of aryl methyl sites for hydroxylation is 2. The van der Waals surface area contributed by atoms with Gasteiger partial charge in [0.15, 0.2) is 5.06 Å². The molecular formula is C12H14N2OS.